The number of halogens is 2. The van der Waals surface area contributed by atoms with E-state index in [-0.39, 0.29) is 0 Å². The molecular weight excluding hydrogens is 971 g/mol. The van der Waals surface area contributed by atoms with Crippen molar-refractivity contribution >= 4 is 29.0 Å². The number of aryl methyl sites for hydroxylation is 2. The SMILES string of the molecule is CCc1cc(OCc2ccccc2)cc(C)c1OCCCOc1cn(-c2c(C(C)C)cccc2C(C)C)[cH+]n1-c1c(C(C)C)cccc1C(C)C.[Cl][Pd-][I].c1ccncc1. The van der Waals surface area contributed by atoms with Crippen molar-refractivity contribution < 1.29 is 27.6 Å². The minimum Gasteiger partial charge on any atom is -0.265 e. The fourth-order valence-electron chi connectivity index (χ4n) is 7.22. The summed E-state index contributed by atoms with van der Waals surface area (Å²) in [4.78, 5) is 3.78. The number of imidazole rings is 1. The summed E-state index contributed by atoms with van der Waals surface area (Å²) in [5.74, 6) is 4.14. The molecule has 0 radical (unpaired) electrons. The number of benzene rings is 4. The van der Waals surface area contributed by atoms with E-state index in [0.717, 1.165) is 46.9 Å². The van der Waals surface area contributed by atoms with Gasteiger partial charge in [-0.25, -0.2) is 4.57 Å². The standard InChI is InChI=1S/C46H59N2O3.C5H5N.ClH.HI.Pd/c1-11-37-27-38(51-29-36-18-13-12-14-19-36)26-35(10)46(37)50-25-17-24-49-43-28-47(44-39(31(2)3)20-15-21-40(44)32(4)5)30-48(43)45-41(33(6)7)22-16-23-42(45)34(8)9;1-2-4-6-5-3-1;;;/h12-16,18-23,26-28,30-34H,11,17,24-25,29H2,1-10H3;1-5H;2*1H;/q+1;;;;+1/p-2. The van der Waals surface area contributed by atoms with Crippen LogP contribution in [0, 0.1) is 6.92 Å². The summed E-state index contributed by atoms with van der Waals surface area (Å²) in [5, 5.41) is 0. The van der Waals surface area contributed by atoms with Gasteiger partial charge in [-0.1, -0.05) is 111 Å². The van der Waals surface area contributed by atoms with Crippen LogP contribution in [0.2, 0.25) is 0 Å². The first-order valence-electron chi connectivity index (χ1n) is 21.0. The number of ether oxygens (including phenoxy) is 3. The predicted molar refractivity (Wildman–Crippen MR) is 257 cm³/mol. The van der Waals surface area contributed by atoms with E-state index in [1.165, 1.54) is 33.6 Å². The molecule has 0 aliphatic heterocycles. The molecule has 60 heavy (non-hydrogen) atoms. The molecule has 0 unspecified atom stereocenters. The van der Waals surface area contributed by atoms with Crippen molar-refractivity contribution in [1.29, 1.82) is 0 Å². The molecule has 2 heterocycles. The maximum Gasteiger partial charge on any atom is 0.0267 e. The molecule has 6 aromatic rings. The van der Waals surface area contributed by atoms with Gasteiger partial charge >= 0.3 is 48.3 Å². The first-order valence-corrected chi connectivity index (χ1v) is 27.7. The molecule has 0 saturated carbocycles. The molecule has 0 aliphatic carbocycles. The molecule has 0 atom stereocenters. The second kappa shape index (κ2) is 25.3. The summed E-state index contributed by atoms with van der Waals surface area (Å²) in [6, 6.07) is 33.7. The van der Waals surface area contributed by atoms with Crippen LogP contribution in [0.1, 0.15) is 131 Å². The van der Waals surface area contributed by atoms with E-state index in [9.17, 15) is 0 Å². The number of para-hydroxylation sites is 2. The molecule has 0 bridgehead atoms. The Hall–Kier alpha value is -3.68. The van der Waals surface area contributed by atoms with E-state index in [1.54, 1.807) is 12.4 Å². The van der Waals surface area contributed by atoms with Gasteiger partial charge in [-0.3, -0.25) is 4.98 Å². The Labute approximate surface area is 383 Å². The van der Waals surface area contributed by atoms with Gasteiger partial charge in [0.05, 0.1) is 6.61 Å². The van der Waals surface area contributed by atoms with Crippen LogP contribution in [0.3, 0.4) is 0 Å². The third-order valence-electron chi connectivity index (χ3n) is 10.2. The summed E-state index contributed by atoms with van der Waals surface area (Å²) in [5.41, 5.74) is 11.2. The molecule has 0 aliphatic rings. The van der Waals surface area contributed by atoms with Crippen LogP contribution < -0.4 is 14.2 Å². The first-order chi connectivity index (χ1) is 28.9. The maximum atomic E-state index is 6.72. The second-order valence-electron chi connectivity index (χ2n) is 16.0. The molecule has 0 amide bonds. The van der Waals surface area contributed by atoms with Crippen molar-refractivity contribution in [2.45, 2.75) is 112 Å². The zero-order chi connectivity index (χ0) is 43.6. The largest absolute Gasteiger partial charge is 0.265 e. The molecule has 4 aromatic carbocycles. The Balaban J connectivity index is 0.000000788. The number of hydrogen-bond acceptors (Lipinski definition) is 4. The average Bonchev–Trinajstić information content (AvgIpc) is 3.67. The van der Waals surface area contributed by atoms with E-state index < -0.39 is 0 Å². The van der Waals surface area contributed by atoms with E-state index in [0.29, 0.717) is 56.8 Å². The van der Waals surface area contributed by atoms with Crippen molar-refractivity contribution in [2.75, 3.05) is 13.2 Å². The zero-order valence-corrected chi connectivity index (χ0v) is 41.5. The van der Waals surface area contributed by atoms with Gasteiger partial charge in [0.2, 0.25) is 0 Å². The Morgan fingerprint density at radius 2 is 1.20 bits per heavy atom. The minimum absolute atomic E-state index is 0.358. The number of rotatable bonds is 16. The summed E-state index contributed by atoms with van der Waals surface area (Å²) < 4.78 is 23.9. The van der Waals surface area contributed by atoms with Crippen molar-refractivity contribution in [3.05, 3.63) is 161 Å². The first kappa shape index (κ1) is 49.0. The van der Waals surface area contributed by atoms with Gasteiger partial charge < -0.3 is 14.2 Å². The topological polar surface area (TPSA) is 50.4 Å². The molecule has 6 nitrogen and oxygen atoms in total. The summed E-state index contributed by atoms with van der Waals surface area (Å²) >= 11 is 2.50. The molecule has 325 valence electrons. The quantitative estimate of drug-likeness (QED) is 0.0419. The van der Waals surface area contributed by atoms with E-state index in [2.05, 4.69) is 176 Å². The molecule has 0 saturated heterocycles. The Morgan fingerprint density at radius 3 is 1.68 bits per heavy atom. The molecule has 6 rings (SSSR count). The van der Waals surface area contributed by atoms with Crippen LogP contribution >= 0.6 is 29.0 Å². The van der Waals surface area contributed by atoms with Crippen LogP contribution in [-0.4, -0.2) is 27.3 Å². The number of aromatic nitrogens is 3. The van der Waals surface area contributed by atoms with Crippen molar-refractivity contribution in [3.8, 4) is 28.8 Å². The fourth-order valence-corrected chi connectivity index (χ4v) is 7.22. The Kier molecular flexibility index (Phi) is 20.7. The molecule has 0 N–H and O–H groups in total. The Bertz CT molecular complexity index is 2100. The van der Waals surface area contributed by atoms with Crippen molar-refractivity contribution in [1.82, 2.24) is 14.1 Å². The number of hydrogen-bond donors (Lipinski definition) is 0. The van der Waals surface area contributed by atoms with Gasteiger partial charge in [0.25, 0.3) is 0 Å². The fraction of sp³-hybridized carbons (Fsp3) is 0.373. The van der Waals surface area contributed by atoms with Gasteiger partial charge in [-0.2, -0.15) is 4.57 Å². The summed E-state index contributed by atoms with van der Waals surface area (Å²) in [6.45, 7) is 24.1. The van der Waals surface area contributed by atoms with Gasteiger partial charge in [0.15, 0.2) is 12.5 Å². The molecule has 0 fully saturated rings. The summed E-state index contributed by atoms with van der Waals surface area (Å²) in [7, 11) is 5.04. The van der Waals surface area contributed by atoms with Gasteiger partial charge in [-0.15, -0.1) is 0 Å². The zero-order valence-electron chi connectivity index (χ0n) is 37.0. The van der Waals surface area contributed by atoms with Crippen LogP contribution in [0.5, 0.6) is 17.4 Å². The van der Waals surface area contributed by atoms with Gasteiger partial charge in [-0.05, 0) is 102 Å². The van der Waals surface area contributed by atoms with Crippen LogP contribution in [0.25, 0.3) is 11.4 Å². The average molecular weight is 1040 g/mol. The second-order valence-corrected chi connectivity index (χ2v) is 21.4. The number of pyridine rings is 1. The normalized spacial score (nSPS) is 11.1. The van der Waals surface area contributed by atoms with Crippen LogP contribution in [0.4, 0.5) is 0 Å². The third kappa shape index (κ3) is 13.9. The van der Waals surface area contributed by atoms with Gasteiger partial charge in [0, 0.05) is 41.1 Å². The number of nitrogens with zero attached hydrogens (tertiary/aromatic N) is 3. The van der Waals surface area contributed by atoms with Gasteiger partial charge in [0.1, 0.15) is 36.1 Å². The monoisotopic (exact) mass is 1030 g/mol. The predicted octanol–water partition coefficient (Wildman–Crippen LogP) is 15.0. The third-order valence-corrected chi connectivity index (χ3v) is 10.2. The molecular formula is C51H64ClIN3O3Pd. The molecule has 9 heteroatoms. The smallest absolute Gasteiger partial charge is 0.0267 e. The van der Waals surface area contributed by atoms with Crippen LogP contribution in [-0.2, 0) is 26.4 Å². The maximum absolute atomic E-state index is 6.72. The van der Waals surface area contributed by atoms with E-state index in [1.807, 2.05) is 36.4 Å². The van der Waals surface area contributed by atoms with Crippen molar-refractivity contribution in [2.24, 2.45) is 0 Å². The minimum atomic E-state index is 0.358. The van der Waals surface area contributed by atoms with E-state index >= 15 is 0 Å². The molecule has 2 aromatic heterocycles. The van der Waals surface area contributed by atoms with Crippen LogP contribution in [0.15, 0.2) is 122 Å². The van der Waals surface area contributed by atoms with E-state index in [4.69, 9.17) is 23.7 Å². The molecule has 0 spiro atoms. The van der Waals surface area contributed by atoms with Crippen molar-refractivity contribution in [3.63, 3.8) is 0 Å². The summed E-state index contributed by atoms with van der Waals surface area (Å²) in [6.07, 6.45) is 9.54. The Morgan fingerprint density at radius 1 is 0.683 bits per heavy atom.